The van der Waals surface area contributed by atoms with Gasteiger partial charge in [-0.2, -0.15) is 0 Å². The Hall–Kier alpha value is -3.73. The molecule has 1 fully saturated rings. The van der Waals surface area contributed by atoms with E-state index in [1.165, 1.54) is 0 Å². The molecule has 0 saturated carbocycles. The summed E-state index contributed by atoms with van der Waals surface area (Å²) >= 11 is 0. The highest BCUT2D eigenvalue weighted by Gasteiger charge is 2.34. The smallest absolute Gasteiger partial charge is 0.408 e. The number of Topliss-reactive ketones (excluding diaryl/α,β-unsaturated/α-hetero) is 1. The fraction of sp³-hybridized carbons (Fsp3) is 0.606. The molecule has 1 heterocycles. The Balaban J connectivity index is 2.22. The Morgan fingerprint density at radius 2 is 1.73 bits per heavy atom. The summed E-state index contributed by atoms with van der Waals surface area (Å²) in [5, 5.41) is 11.1. The molecular formula is C33H50N4O7. The average molecular weight is 615 g/mol. The highest BCUT2D eigenvalue weighted by molar-refractivity contribution is 5.92. The quantitative estimate of drug-likeness (QED) is 0.220. The monoisotopic (exact) mass is 614 g/mol. The van der Waals surface area contributed by atoms with E-state index in [0.29, 0.717) is 31.5 Å². The molecule has 44 heavy (non-hydrogen) atoms. The number of alkyl carbamates (subject to hydrolysis) is 1. The second kappa shape index (κ2) is 17.5. The van der Waals surface area contributed by atoms with Gasteiger partial charge in [0, 0.05) is 31.0 Å². The second-order valence-corrected chi connectivity index (χ2v) is 12.6. The summed E-state index contributed by atoms with van der Waals surface area (Å²) in [6.45, 7) is 13.4. The van der Waals surface area contributed by atoms with Crippen molar-refractivity contribution in [3.8, 4) is 0 Å². The van der Waals surface area contributed by atoms with Gasteiger partial charge in [-0.1, -0.05) is 57.2 Å². The predicted octanol–water partition coefficient (Wildman–Crippen LogP) is 3.91. The topological polar surface area (TPSA) is 152 Å². The molecule has 1 aliphatic rings. The van der Waals surface area contributed by atoms with Crippen molar-refractivity contribution in [3.05, 3.63) is 47.7 Å². The molecule has 0 aliphatic carbocycles. The van der Waals surface area contributed by atoms with Crippen molar-refractivity contribution in [1.29, 1.82) is 0 Å². The highest BCUT2D eigenvalue weighted by Crippen LogP contribution is 2.20. The van der Waals surface area contributed by atoms with Crippen molar-refractivity contribution in [2.75, 3.05) is 6.54 Å². The number of nitrogens with one attached hydrogen (secondary N) is 4. The SMILES string of the molecule is CCC(=O)CC=C(C[C@@H]1CCNC1=O)NC(=O)[C@H](CC(C)C)NC(=O)[C@@H](NC(=O)OCc1ccccc1)C(C)OC(C)(C)C. The molecule has 244 valence electrons. The van der Waals surface area contributed by atoms with Crippen LogP contribution >= 0.6 is 0 Å². The lowest BCUT2D eigenvalue weighted by atomic mass is 9.99. The van der Waals surface area contributed by atoms with Crippen molar-refractivity contribution in [2.45, 2.75) is 111 Å². The van der Waals surface area contributed by atoms with Crippen molar-refractivity contribution >= 4 is 29.6 Å². The van der Waals surface area contributed by atoms with Gasteiger partial charge in [0.2, 0.25) is 17.7 Å². The molecule has 1 unspecified atom stereocenters. The maximum Gasteiger partial charge on any atom is 0.408 e. The highest BCUT2D eigenvalue weighted by atomic mass is 16.6. The van der Waals surface area contributed by atoms with E-state index < -0.39 is 41.7 Å². The third-order valence-electron chi connectivity index (χ3n) is 7.00. The molecule has 11 heteroatoms. The number of amides is 4. The molecule has 4 atom stereocenters. The molecule has 0 aromatic heterocycles. The van der Waals surface area contributed by atoms with Gasteiger partial charge >= 0.3 is 6.09 Å². The number of carbonyl (C=O) groups is 5. The zero-order valence-corrected chi connectivity index (χ0v) is 27.2. The van der Waals surface area contributed by atoms with Crippen molar-refractivity contribution in [3.63, 3.8) is 0 Å². The molecule has 4 N–H and O–H groups in total. The van der Waals surface area contributed by atoms with Gasteiger partial charge in [-0.05, 0) is 58.4 Å². The van der Waals surface area contributed by atoms with E-state index in [1.807, 2.05) is 65.0 Å². The zero-order chi connectivity index (χ0) is 32.9. The molecule has 0 radical (unpaired) electrons. The minimum atomic E-state index is -1.17. The number of ether oxygens (including phenoxy) is 2. The van der Waals surface area contributed by atoms with Crippen LogP contribution < -0.4 is 21.3 Å². The lowest BCUT2D eigenvalue weighted by molar-refractivity contribution is -0.135. The van der Waals surface area contributed by atoms with Gasteiger partial charge in [0.25, 0.3) is 0 Å². The molecule has 0 spiro atoms. The van der Waals surface area contributed by atoms with E-state index in [9.17, 15) is 24.0 Å². The van der Waals surface area contributed by atoms with Gasteiger partial charge in [0.15, 0.2) is 0 Å². The first-order chi connectivity index (χ1) is 20.7. The van der Waals surface area contributed by atoms with Gasteiger partial charge < -0.3 is 30.7 Å². The maximum absolute atomic E-state index is 13.7. The first-order valence-corrected chi connectivity index (χ1v) is 15.4. The van der Waals surface area contributed by atoms with Crippen LogP contribution in [0.5, 0.6) is 0 Å². The minimum Gasteiger partial charge on any atom is -0.445 e. The van der Waals surface area contributed by atoms with E-state index in [4.69, 9.17) is 9.47 Å². The standard InChI is InChI=1S/C33H50N4O7/c1-8-26(38)15-14-25(19-24-16-17-34-29(24)39)35-30(40)27(18-21(2)3)36-31(41)28(22(4)44-33(5,6)7)37-32(42)43-20-23-12-10-9-11-13-23/h9-14,21-22,24,27-28H,8,15-20H2,1-7H3,(H,34,39)(H,35,40)(H,36,41)(H,37,42)/t22?,24-,27-,28-/m0/s1. The Bertz CT molecular complexity index is 1160. The number of hydrogen-bond donors (Lipinski definition) is 4. The van der Waals surface area contributed by atoms with E-state index in [0.717, 1.165) is 5.56 Å². The van der Waals surface area contributed by atoms with Crippen LogP contribution in [0.3, 0.4) is 0 Å². The molecule has 1 aromatic carbocycles. The fourth-order valence-corrected chi connectivity index (χ4v) is 4.80. The molecule has 4 amide bonds. The largest absolute Gasteiger partial charge is 0.445 e. The van der Waals surface area contributed by atoms with Gasteiger partial charge in [-0.25, -0.2) is 4.79 Å². The summed E-state index contributed by atoms with van der Waals surface area (Å²) in [6, 6.07) is 7.02. The van der Waals surface area contributed by atoms with E-state index in [1.54, 1.807) is 19.9 Å². The normalized spacial score (nSPS) is 17.3. The van der Waals surface area contributed by atoms with Crippen LogP contribution in [-0.2, 0) is 35.3 Å². The van der Waals surface area contributed by atoms with Crippen LogP contribution in [-0.4, -0.2) is 59.9 Å². The van der Waals surface area contributed by atoms with Crippen LogP contribution in [0.4, 0.5) is 4.79 Å². The number of hydrogen-bond acceptors (Lipinski definition) is 7. The summed E-state index contributed by atoms with van der Waals surface area (Å²) in [5.74, 6) is -1.47. The molecular weight excluding hydrogens is 564 g/mol. The van der Waals surface area contributed by atoms with Crippen molar-refractivity contribution < 1.29 is 33.4 Å². The van der Waals surface area contributed by atoms with Crippen LogP contribution in [0.25, 0.3) is 0 Å². The summed E-state index contributed by atoms with van der Waals surface area (Å²) in [6.07, 6.45) is 1.76. The van der Waals surface area contributed by atoms with Crippen LogP contribution in [0.2, 0.25) is 0 Å². The molecule has 2 rings (SSSR count). The summed E-state index contributed by atoms with van der Waals surface area (Å²) < 4.78 is 11.4. The number of rotatable bonds is 16. The lowest BCUT2D eigenvalue weighted by Gasteiger charge is -2.31. The van der Waals surface area contributed by atoms with Gasteiger partial charge in [0.05, 0.1) is 11.7 Å². The molecule has 1 aliphatic heterocycles. The average Bonchev–Trinajstić information content (AvgIpc) is 3.35. The van der Waals surface area contributed by atoms with Crippen LogP contribution in [0.1, 0.15) is 86.1 Å². The molecule has 11 nitrogen and oxygen atoms in total. The summed E-state index contributed by atoms with van der Waals surface area (Å²) in [5.41, 5.74) is 0.631. The van der Waals surface area contributed by atoms with Crippen LogP contribution in [0.15, 0.2) is 42.1 Å². The second-order valence-electron chi connectivity index (χ2n) is 12.6. The minimum absolute atomic E-state index is 0.000517. The van der Waals surface area contributed by atoms with Gasteiger partial charge in [-0.15, -0.1) is 0 Å². The zero-order valence-electron chi connectivity index (χ0n) is 27.2. The Morgan fingerprint density at radius 1 is 1.05 bits per heavy atom. The molecule has 1 aromatic rings. The molecule has 1 saturated heterocycles. The Morgan fingerprint density at radius 3 is 2.30 bits per heavy atom. The number of allylic oxidation sites excluding steroid dienone is 2. The van der Waals surface area contributed by atoms with E-state index >= 15 is 0 Å². The predicted molar refractivity (Wildman–Crippen MR) is 167 cm³/mol. The summed E-state index contributed by atoms with van der Waals surface area (Å²) in [7, 11) is 0. The first-order valence-electron chi connectivity index (χ1n) is 15.4. The van der Waals surface area contributed by atoms with E-state index in [-0.39, 0.29) is 43.0 Å². The third-order valence-corrected chi connectivity index (χ3v) is 7.00. The summed E-state index contributed by atoms with van der Waals surface area (Å²) in [4.78, 5) is 64.3. The fourth-order valence-electron chi connectivity index (χ4n) is 4.80. The van der Waals surface area contributed by atoms with Crippen LogP contribution in [0, 0.1) is 11.8 Å². The lowest BCUT2D eigenvalue weighted by Crippen LogP contribution is -2.58. The Labute approximate surface area is 261 Å². The third kappa shape index (κ3) is 13.3. The number of benzene rings is 1. The van der Waals surface area contributed by atoms with E-state index in [2.05, 4.69) is 21.3 Å². The van der Waals surface area contributed by atoms with Crippen molar-refractivity contribution in [2.24, 2.45) is 11.8 Å². The number of carbonyl (C=O) groups excluding carboxylic acids is 5. The molecule has 0 bridgehead atoms. The van der Waals surface area contributed by atoms with Crippen molar-refractivity contribution in [1.82, 2.24) is 21.3 Å². The maximum atomic E-state index is 13.7. The Kier molecular flexibility index (Phi) is 14.5. The first kappa shape index (κ1) is 36.5. The van der Waals surface area contributed by atoms with Gasteiger partial charge in [0.1, 0.15) is 24.5 Å². The van der Waals surface area contributed by atoms with Gasteiger partial charge in [-0.3, -0.25) is 19.2 Å². The number of ketones is 1.